The fourth-order valence-electron chi connectivity index (χ4n) is 2.44. The number of halogens is 2. The Balaban J connectivity index is 1.77. The summed E-state index contributed by atoms with van der Waals surface area (Å²) in [6, 6.07) is 6.94. The quantitative estimate of drug-likeness (QED) is 0.818. The number of alkyl halides is 2. The molecule has 1 aliphatic heterocycles. The Morgan fingerprint density at radius 1 is 1.26 bits per heavy atom. The molecule has 0 saturated heterocycles. The molecule has 0 N–H and O–H groups in total. The van der Waals surface area contributed by atoms with Crippen molar-refractivity contribution >= 4 is 0 Å². The van der Waals surface area contributed by atoms with Crippen LogP contribution in [0.2, 0.25) is 0 Å². The second-order valence-electron chi connectivity index (χ2n) is 5.23. The van der Waals surface area contributed by atoms with Gasteiger partial charge in [0.1, 0.15) is 5.75 Å². The van der Waals surface area contributed by atoms with Crippen molar-refractivity contribution in [2.24, 2.45) is 0 Å². The monoisotopic (exact) mass is 322 g/mol. The summed E-state index contributed by atoms with van der Waals surface area (Å²) in [6.07, 6.45) is 3.47. The van der Waals surface area contributed by atoms with Gasteiger partial charge in [-0.2, -0.15) is 8.78 Å². The highest BCUT2D eigenvalue weighted by Crippen LogP contribution is 2.39. The van der Waals surface area contributed by atoms with Crippen molar-refractivity contribution < 1.29 is 23.0 Å². The van der Waals surface area contributed by atoms with Crippen LogP contribution in [0, 0.1) is 0 Å². The Morgan fingerprint density at radius 3 is 2.74 bits per heavy atom. The Kier molecular flexibility index (Phi) is 4.57. The van der Waals surface area contributed by atoms with Crippen molar-refractivity contribution in [3.63, 3.8) is 0 Å². The third-order valence-corrected chi connectivity index (χ3v) is 3.39. The molecule has 0 radical (unpaired) electrons. The maximum atomic E-state index is 12.6. The van der Waals surface area contributed by atoms with Crippen LogP contribution in [0.25, 0.3) is 0 Å². The molecule has 1 aromatic carbocycles. The second-order valence-corrected chi connectivity index (χ2v) is 5.23. The second kappa shape index (κ2) is 6.78. The SMILES string of the molecule is CN(Cc1cccnc1)Cc1cc2c(cc1OC(F)F)OCO2. The topological polar surface area (TPSA) is 43.8 Å². The van der Waals surface area contributed by atoms with Crippen LogP contribution >= 0.6 is 0 Å². The van der Waals surface area contributed by atoms with Gasteiger partial charge in [0.25, 0.3) is 0 Å². The number of pyridine rings is 1. The van der Waals surface area contributed by atoms with Crippen LogP contribution in [0.15, 0.2) is 36.7 Å². The summed E-state index contributed by atoms with van der Waals surface area (Å²) in [4.78, 5) is 6.04. The smallest absolute Gasteiger partial charge is 0.387 e. The van der Waals surface area contributed by atoms with E-state index in [2.05, 4.69) is 9.72 Å². The fraction of sp³-hybridized carbons (Fsp3) is 0.312. The van der Waals surface area contributed by atoms with Gasteiger partial charge in [-0.25, -0.2) is 0 Å². The van der Waals surface area contributed by atoms with Crippen LogP contribution in [0.3, 0.4) is 0 Å². The third kappa shape index (κ3) is 3.87. The maximum absolute atomic E-state index is 12.6. The number of benzene rings is 1. The minimum absolute atomic E-state index is 0.0818. The lowest BCUT2D eigenvalue weighted by molar-refractivity contribution is -0.0508. The maximum Gasteiger partial charge on any atom is 0.387 e. The molecule has 0 aliphatic carbocycles. The molecule has 0 amide bonds. The third-order valence-electron chi connectivity index (χ3n) is 3.39. The molecule has 23 heavy (non-hydrogen) atoms. The largest absolute Gasteiger partial charge is 0.454 e. The van der Waals surface area contributed by atoms with Gasteiger partial charge in [-0.15, -0.1) is 0 Å². The van der Waals surface area contributed by atoms with Crippen molar-refractivity contribution in [1.29, 1.82) is 0 Å². The van der Waals surface area contributed by atoms with Crippen molar-refractivity contribution in [3.8, 4) is 17.2 Å². The minimum Gasteiger partial charge on any atom is -0.454 e. The number of aromatic nitrogens is 1. The van der Waals surface area contributed by atoms with Gasteiger partial charge in [0, 0.05) is 37.1 Å². The molecular weight excluding hydrogens is 306 g/mol. The fourth-order valence-corrected chi connectivity index (χ4v) is 2.44. The number of ether oxygens (including phenoxy) is 3. The van der Waals surface area contributed by atoms with E-state index in [0.717, 1.165) is 5.56 Å². The zero-order valence-electron chi connectivity index (χ0n) is 12.5. The molecule has 1 aromatic heterocycles. The summed E-state index contributed by atoms with van der Waals surface area (Å²) in [5.74, 6) is 1.05. The van der Waals surface area contributed by atoms with Crippen LogP contribution in [0.1, 0.15) is 11.1 Å². The number of hydrogen-bond donors (Lipinski definition) is 0. The first-order valence-electron chi connectivity index (χ1n) is 7.06. The zero-order valence-corrected chi connectivity index (χ0v) is 12.5. The molecule has 122 valence electrons. The highest BCUT2D eigenvalue weighted by molar-refractivity contribution is 5.51. The molecule has 2 aromatic rings. The van der Waals surface area contributed by atoms with E-state index >= 15 is 0 Å². The Bertz CT molecular complexity index is 668. The van der Waals surface area contributed by atoms with Crippen LogP contribution in [-0.2, 0) is 13.1 Å². The Labute approximate surface area is 132 Å². The van der Waals surface area contributed by atoms with Crippen molar-refractivity contribution in [2.45, 2.75) is 19.7 Å². The molecule has 5 nitrogen and oxygen atoms in total. The number of fused-ring (bicyclic) bond motifs is 1. The first-order chi connectivity index (χ1) is 11.1. The average Bonchev–Trinajstić information content (AvgIpc) is 2.95. The molecule has 0 saturated carbocycles. The summed E-state index contributed by atoms with van der Waals surface area (Å²) in [6.45, 7) is -1.75. The van der Waals surface area contributed by atoms with Crippen LogP contribution in [-0.4, -0.2) is 30.3 Å². The predicted molar refractivity (Wildman–Crippen MR) is 78.6 cm³/mol. The van der Waals surface area contributed by atoms with Crippen LogP contribution < -0.4 is 14.2 Å². The van der Waals surface area contributed by atoms with E-state index in [9.17, 15) is 8.78 Å². The molecule has 0 bridgehead atoms. The highest BCUT2D eigenvalue weighted by Gasteiger charge is 2.20. The van der Waals surface area contributed by atoms with Crippen molar-refractivity contribution in [3.05, 3.63) is 47.8 Å². The average molecular weight is 322 g/mol. The molecule has 0 fully saturated rings. The molecule has 0 atom stereocenters. The van der Waals surface area contributed by atoms with Gasteiger partial charge >= 0.3 is 6.61 Å². The Hall–Kier alpha value is -2.41. The van der Waals surface area contributed by atoms with Gasteiger partial charge in [-0.3, -0.25) is 9.88 Å². The number of hydrogen-bond acceptors (Lipinski definition) is 5. The molecule has 0 spiro atoms. The molecular formula is C16H16F2N2O3. The van der Waals surface area contributed by atoms with Crippen molar-refractivity contribution in [2.75, 3.05) is 13.8 Å². The van der Waals surface area contributed by atoms with Crippen LogP contribution in [0.5, 0.6) is 17.2 Å². The summed E-state index contributed by atoms with van der Waals surface area (Å²) < 4.78 is 40.4. The summed E-state index contributed by atoms with van der Waals surface area (Å²) in [5, 5.41) is 0. The molecule has 3 rings (SSSR count). The van der Waals surface area contributed by atoms with E-state index in [0.29, 0.717) is 30.2 Å². The standard InChI is InChI=1S/C16H16F2N2O3/c1-20(8-11-3-2-4-19-7-11)9-12-5-14-15(22-10-21-14)6-13(12)23-16(17)18/h2-7,16H,8-10H2,1H3. The van der Waals surface area contributed by atoms with Crippen LogP contribution in [0.4, 0.5) is 8.78 Å². The molecule has 1 aliphatic rings. The van der Waals surface area contributed by atoms with E-state index < -0.39 is 6.61 Å². The minimum atomic E-state index is -2.89. The summed E-state index contributed by atoms with van der Waals surface area (Å²) >= 11 is 0. The van der Waals surface area contributed by atoms with Gasteiger partial charge in [0.15, 0.2) is 11.5 Å². The molecule has 7 heteroatoms. The first-order valence-corrected chi connectivity index (χ1v) is 7.06. The lowest BCUT2D eigenvalue weighted by Crippen LogP contribution is -2.18. The van der Waals surface area contributed by atoms with E-state index in [4.69, 9.17) is 9.47 Å². The summed E-state index contributed by atoms with van der Waals surface area (Å²) in [5.41, 5.74) is 1.65. The number of nitrogens with zero attached hydrogens (tertiary/aromatic N) is 2. The highest BCUT2D eigenvalue weighted by atomic mass is 19.3. The Morgan fingerprint density at radius 2 is 2.04 bits per heavy atom. The van der Waals surface area contributed by atoms with Gasteiger partial charge in [0.05, 0.1) is 0 Å². The van der Waals surface area contributed by atoms with E-state index in [1.807, 2.05) is 24.1 Å². The van der Waals surface area contributed by atoms with E-state index in [1.165, 1.54) is 6.07 Å². The van der Waals surface area contributed by atoms with Gasteiger partial charge in [-0.05, 0) is 24.7 Å². The first kappa shape index (κ1) is 15.5. The molecule has 0 unspecified atom stereocenters. The van der Waals surface area contributed by atoms with Gasteiger partial charge < -0.3 is 14.2 Å². The predicted octanol–water partition coefficient (Wildman–Crippen LogP) is 3.04. The lowest BCUT2D eigenvalue weighted by Gasteiger charge is -2.19. The van der Waals surface area contributed by atoms with Gasteiger partial charge in [-0.1, -0.05) is 6.07 Å². The number of rotatable bonds is 6. The summed E-state index contributed by atoms with van der Waals surface area (Å²) in [7, 11) is 1.89. The van der Waals surface area contributed by atoms with Gasteiger partial charge in [0.2, 0.25) is 6.79 Å². The lowest BCUT2D eigenvalue weighted by atomic mass is 10.1. The van der Waals surface area contributed by atoms with E-state index in [-0.39, 0.29) is 12.5 Å². The normalized spacial score (nSPS) is 12.9. The van der Waals surface area contributed by atoms with E-state index in [1.54, 1.807) is 18.5 Å². The van der Waals surface area contributed by atoms with Crippen molar-refractivity contribution in [1.82, 2.24) is 9.88 Å². The zero-order chi connectivity index (χ0) is 16.2. The molecule has 2 heterocycles.